The minimum atomic E-state index is -1.19. The molecule has 0 saturated carbocycles. The van der Waals surface area contributed by atoms with Crippen molar-refractivity contribution in [2.24, 2.45) is 0 Å². The van der Waals surface area contributed by atoms with E-state index in [9.17, 15) is 19.5 Å². The Morgan fingerprint density at radius 1 is 1.41 bits per heavy atom. The largest absolute Gasteiger partial charge is 0.462 e. The number of ether oxygens (including phenoxy) is 3. The second kappa shape index (κ2) is 5.44. The smallest absolute Gasteiger partial charge is 0.374 e. The summed E-state index contributed by atoms with van der Waals surface area (Å²) in [5.41, 5.74) is 0. The third kappa shape index (κ3) is 3.87. The Bertz CT molecular complexity index is 371. The Morgan fingerprint density at radius 3 is 2.59 bits per heavy atom. The highest BCUT2D eigenvalue weighted by atomic mass is 16.6. The van der Waals surface area contributed by atoms with Crippen molar-refractivity contribution in [2.75, 3.05) is 6.61 Å². The van der Waals surface area contributed by atoms with Gasteiger partial charge >= 0.3 is 17.9 Å². The van der Waals surface area contributed by atoms with E-state index < -0.39 is 30.1 Å². The van der Waals surface area contributed by atoms with Gasteiger partial charge in [0, 0.05) is 13.8 Å². The quantitative estimate of drug-likeness (QED) is 0.516. The Morgan fingerprint density at radius 2 is 2.06 bits per heavy atom. The molecule has 17 heavy (non-hydrogen) atoms. The summed E-state index contributed by atoms with van der Waals surface area (Å²) in [6.07, 6.45) is -1.14. The van der Waals surface area contributed by atoms with Gasteiger partial charge in [-0.1, -0.05) is 0 Å². The fourth-order valence-electron chi connectivity index (χ4n) is 1.16. The number of carbonyl (C=O) groups is 3. The third-order valence-corrected chi connectivity index (χ3v) is 1.87. The van der Waals surface area contributed by atoms with E-state index in [1.165, 1.54) is 6.92 Å². The van der Waals surface area contributed by atoms with Gasteiger partial charge < -0.3 is 19.3 Å². The predicted molar refractivity (Wildman–Crippen MR) is 52.4 cm³/mol. The van der Waals surface area contributed by atoms with E-state index in [4.69, 9.17) is 4.74 Å². The molecular weight excluding hydrogens is 232 g/mol. The van der Waals surface area contributed by atoms with Crippen molar-refractivity contribution in [2.45, 2.75) is 26.1 Å². The molecule has 0 aromatic carbocycles. The summed E-state index contributed by atoms with van der Waals surface area (Å²) in [6.45, 7) is 2.05. The number of rotatable bonds is 3. The van der Waals surface area contributed by atoms with Gasteiger partial charge in [0.25, 0.3) is 0 Å². The normalized spacial score (nSPS) is 23.5. The van der Waals surface area contributed by atoms with E-state index in [-0.39, 0.29) is 12.4 Å². The van der Waals surface area contributed by atoms with Crippen LogP contribution in [0.25, 0.3) is 0 Å². The summed E-state index contributed by atoms with van der Waals surface area (Å²) >= 11 is 0. The highest BCUT2D eigenvalue weighted by molar-refractivity contribution is 5.90. The fourth-order valence-corrected chi connectivity index (χ4v) is 1.16. The lowest BCUT2D eigenvalue weighted by molar-refractivity contribution is -0.167. The van der Waals surface area contributed by atoms with Crippen molar-refractivity contribution in [1.82, 2.24) is 0 Å². The maximum atomic E-state index is 11.3. The van der Waals surface area contributed by atoms with Gasteiger partial charge in [0.15, 0.2) is 6.10 Å². The molecule has 0 spiro atoms. The van der Waals surface area contributed by atoms with Crippen LogP contribution < -0.4 is 0 Å². The van der Waals surface area contributed by atoms with Gasteiger partial charge in [-0.25, -0.2) is 4.79 Å². The van der Waals surface area contributed by atoms with Gasteiger partial charge in [0.05, 0.1) is 0 Å². The van der Waals surface area contributed by atoms with E-state index in [1.54, 1.807) is 0 Å². The number of hydrogen-bond acceptors (Lipinski definition) is 7. The molecule has 1 aliphatic rings. The van der Waals surface area contributed by atoms with Crippen LogP contribution in [0.3, 0.4) is 0 Å². The molecule has 1 aliphatic heterocycles. The molecule has 0 aromatic heterocycles. The third-order valence-electron chi connectivity index (χ3n) is 1.87. The maximum Gasteiger partial charge on any atom is 0.374 e. The molecule has 94 valence electrons. The van der Waals surface area contributed by atoms with Gasteiger partial charge in [-0.3, -0.25) is 9.59 Å². The van der Waals surface area contributed by atoms with Gasteiger partial charge in [-0.05, 0) is 6.08 Å². The van der Waals surface area contributed by atoms with Crippen molar-refractivity contribution in [1.29, 1.82) is 0 Å². The molecular formula is C10H12O7. The summed E-state index contributed by atoms with van der Waals surface area (Å²) in [5, 5.41) is 9.55. The first-order chi connectivity index (χ1) is 7.90. The van der Waals surface area contributed by atoms with E-state index in [0.29, 0.717) is 0 Å². The lowest BCUT2D eigenvalue weighted by Gasteiger charge is -2.25. The summed E-state index contributed by atoms with van der Waals surface area (Å²) in [7, 11) is 0. The molecule has 0 aromatic rings. The van der Waals surface area contributed by atoms with Crippen LogP contribution in [0.1, 0.15) is 13.8 Å². The van der Waals surface area contributed by atoms with Crippen molar-refractivity contribution in [3.05, 3.63) is 11.8 Å². The standard InChI is InChI=1S/C10H12O7/c1-5(11)15-4-9-7(13)3-8(10(14)17-9)16-6(2)12/h3,7,9,13H,4H2,1-2H3/t7-,9+/m0/s1. The molecule has 1 heterocycles. The van der Waals surface area contributed by atoms with Crippen LogP contribution in [0, 0.1) is 0 Å². The van der Waals surface area contributed by atoms with Gasteiger partial charge in [-0.2, -0.15) is 0 Å². The summed E-state index contributed by atoms with van der Waals surface area (Å²) in [5.74, 6) is -2.51. The molecule has 7 heteroatoms. The summed E-state index contributed by atoms with van der Waals surface area (Å²) in [6, 6.07) is 0. The van der Waals surface area contributed by atoms with E-state index >= 15 is 0 Å². The SMILES string of the molecule is CC(=O)OC[C@H]1OC(=O)C(OC(C)=O)=C[C@@H]1O. The second-order valence-corrected chi connectivity index (χ2v) is 3.36. The number of hydrogen-bond donors (Lipinski definition) is 1. The van der Waals surface area contributed by atoms with Gasteiger partial charge in [0.2, 0.25) is 5.76 Å². The number of aliphatic hydroxyl groups is 1. The zero-order chi connectivity index (χ0) is 13.0. The average molecular weight is 244 g/mol. The van der Waals surface area contributed by atoms with Crippen LogP contribution in [-0.2, 0) is 28.6 Å². The minimum Gasteiger partial charge on any atom is -0.462 e. The second-order valence-electron chi connectivity index (χ2n) is 3.36. The predicted octanol–water partition coefficient (Wildman–Crippen LogP) is -0.717. The van der Waals surface area contributed by atoms with Crippen LogP contribution in [0.5, 0.6) is 0 Å². The van der Waals surface area contributed by atoms with Crippen LogP contribution in [0.4, 0.5) is 0 Å². The molecule has 0 unspecified atom stereocenters. The van der Waals surface area contributed by atoms with E-state index in [1.807, 2.05) is 0 Å². The first-order valence-corrected chi connectivity index (χ1v) is 4.83. The minimum absolute atomic E-state index is 0.258. The first-order valence-electron chi connectivity index (χ1n) is 4.83. The van der Waals surface area contributed by atoms with Crippen molar-refractivity contribution in [3.63, 3.8) is 0 Å². The van der Waals surface area contributed by atoms with E-state index in [0.717, 1.165) is 13.0 Å². The molecule has 0 bridgehead atoms. The summed E-state index contributed by atoms with van der Waals surface area (Å²) in [4.78, 5) is 32.5. The molecule has 1 rings (SSSR count). The highest BCUT2D eigenvalue weighted by Crippen LogP contribution is 2.16. The van der Waals surface area contributed by atoms with Crippen molar-refractivity contribution < 1.29 is 33.7 Å². The maximum absolute atomic E-state index is 11.3. The monoisotopic (exact) mass is 244 g/mol. The molecule has 0 radical (unpaired) electrons. The van der Waals surface area contributed by atoms with Crippen LogP contribution in [0.2, 0.25) is 0 Å². The first kappa shape index (κ1) is 13.2. The Hall–Kier alpha value is -1.89. The van der Waals surface area contributed by atoms with Crippen molar-refractivity contribution >= 4 is 17.9 Å². The highest BCUT2D eigenvalue weighted by Gasteiger charge is 2.32. The van der Waals surface area contributed by atoms with Gasteiger partial charge in [-0.15, -0.1) is 0 Å². The number of esters is 3. The Balaban J connectivity index is 2.65. The van der Waals surface area contributed by atoms with E-state index in [2.05, 4.69) is 9.47 Å². The molecule has 0 saturated heterocycles. The zero-order valence-corrected chi connectivity index (χ0v) is 9.34. The molecule has 0 fully saturated rings. The lowest BCUT2D eigenvalue weighted by atomic mass is 10.1. The van der Waals surface area contributed by atoms with Crippen LogP contribution >= 0.6 is 0 Å². The lowest BCUT2D eigenvalue weighted by Crippen LogP contribution is -2.39. The Labute approximate surface area is 96.9 Å². The average Bonchev–Trinajstić information content (AvgIpc) is 2.20. The van der Waals surface area contributed by atoms with Crippen LogP contribution in [-0.4, -0.2) is 41.8 Å². The topological polar surface area (TPSA) is 99.1 Å². The molecule has 2 atom stereocenters. The molecule has 7 nitrogen and oxygen atoms in total. The van der Waals surface area contributed by atoms with Crippen LogP contribution in [0.15, 0.2) is 11.8 Å². The zero-order valence-electron chi connectivity index (χ0n) is 9.34. The number of cyclic esters (lactones) is 1. The molecule has 0 aliphatic carbocycles. The summed E-state index contributed by atoms with van der Waals surface area (Å²) < 4.78 is 13.9. The Kier molecular flexibility index (Phi) is 4.22. The number of carbonyl (C=O) groups excluding carboxylic acids is 3. The number of aliphatic hydroxyl groups excluding tert-OH is 1. The van der Waals surface area contributed by atoms with Gasteiger partial charge in [0.1, 0.15) is 12.7 Å². The molecule has 0 amide bonds. The van der Waals surface area contributed by atoms with Crippen molar-refractivity contribution in [3.8, 4) is 0 Å². The molecule has 1 N–H and O–H groups in total. The fraction of sp³-hybridized carbons (Fsp3) is 0.500.